The molecule has 0 fully saturated rings. The second kappa shape index (κ2) is 10.4. The fourth-order valence-electron chi connectivity index (χ4n) is 3.77. The smallest absolute Gasteiger partial charge is 0.321 e. The van der Waals surface area contributed by atoms with Crippen LogP contribution in [0, 0.1) is 31.0 Å². The number of nitrogens with one attached hydrogen (secondary N) is 2. The van der Waals surface area contributed by atoms with Gasteiger partial charge in [0.05, 0.1) is 16.8 Å². The number of aryl methyl sites for hydroxylation is 2. The maximum absolute atomic E-state index is 15.3. The van der Waals surface area contributed by atoms with Gasteiger partial charge in [-0.2, -0.15) is 31.6 Å². The Balaban J connectivity index is 1.99. The van der Waals surface area contributed by atoms with E-state index in [-0.39, 0.29) is 40.1 Å². The maximum atomic E-state index is 15.3. The van der Waals surface area contributed by atoms with Crippen LogP contribution >= 0.6 is 0 Å². The highest BCUT2D eigenvalue weighted by Crippen LogP contribution is 2.53. The summed E-state index contributed by atoms with van der Waals surface area (Å²) < 4.78 is 109. The predicted octanol–water partition coefficient (Wildman–Crippen LogP) is 7.11. The molecule has 0 spiro atoms. The van der Waals surface area contributed by atoms with Crippen LogP contribution in [0.2, 0.25) is 0 Å². The number of amides is 2. The third-order valence-corrected chi connectivity index (χ3v) is 5.73. The summed E-state index contributed by atoms with van der Waals surface area (Å²) in [7, 11) is 0. The van der Waals surface area contributed by atoms with Crippen LogP contribution in [0.25, 0.3) is 0 Å². The largest absolute Gasteiger partial charge is 0.435 e. The molecule has 0 saturated carbocycles. The molecule has 3 aromatic carbocycles. The summed E-state index contributed by atoms with van der Waals surface area (Å²) in [6, 6.07) is 11.7. The van der Waals surface area contributed by atoms with Crippen molar-refractivity contribution in [1.82, 2.24) is 0 Å². The molecule has 0 aliphatic carbocycles. The van der Waals surface area contributed by atoms with Crippen molar-refractivity contribution in [3.8, 4) is 6.07 Å². The Hall–Kier alpha value is -4.47. The third kappa shape index (κ3) is 5.41. The van der Waals surface area contributed by atoms with E-state index < -0.39 is 52.5 Å². The fraction of sp³-hybridized carbons (Fsp3) is 0.192. The molecule has 0 aliphatic rings. The van der Waals surface area contributed by atoms with Gasteiger partial charge in [-0.05, 0) is 49.2 Å². The van der Waals surface area contributed by atoms with Crippen LogP contribution in [0.5, 0.6) is 0 Å². The number of anilines is 2. The van der Waals surface area contributed by atoms with Crippen molar-refractivity contribution < 1.29 is 44.7 Å². The molecule has 2 amide bonds. The first-order chi connectivity index (χ1) is 18.0. The van der Waals surface area contributed by atoms with Gasteiger partial charge < -0.3 is 10.6 Å². The minimum Gasteiger partial charge on any atom is -0.321 e. The molecule has 0 radical (unpaired) electrons. The molecule has 2 N–H and O–H groups in total. The number of halogens is 8. The summed E-state index contributed by atoms with van der Waals surface area (Å²) in [5.74, 6) is -3.32. The number of rotatable bonds is 5. The number of nitriles is 1. The van der Waals surface area contributed by atoms with Crippen LogP contribution < -0.4 is 10.6 Å². The van der Waals surface area contributed by atoms with Crippen LogP contribution in [-0.2, 0) is 5.67 Å². The van der Waals surface area contributed by atoms with E-state index in [4.69, 9.17) is 0 Å². The third-order valence-electron chi connectivity index (χ3n) is 5.73. The lowest BCUT2D eigenvalue weighted by atomic mass is 9.90. The molecule has 0 aromatic heterocycles. The first kappa shape index (κ1) is 29.1. The van der Waals surface area contributed by atoms with E-state index in [2.05, 4.69) is 10.6 Å². The second-order valence-electron chi connectivity index (χ2n) is 8.37. The molecule has 0 bridgehead atoms. The Morgan fingerprint density at radius 2 is 1.28 bits per heavy atom. The van der Waals surface area contributed by atoms with Crippen molar-refractivity contribution in [3.05, 3.63) is 93.8 Å². The molecule has 0 atom stereocenters. The van der Waals surface area contributed by atoms with Crippen LogP contribution in [-0.4, -0.2) is 24.2 Å². The zero-order valence-electron chi connectivity index (χ0n) is 20.0. The van der Waals surface area contributed by atoms with E-state index >= 15 is 4.39 Å². The molecule has 5 nitrogen and oxygen atoms in total. The zero-order chi connectivity index (χ0) is 29.3. The Bertz CT molecular complexity index is 1440. The minimum absolute atomic E-state index is 0.114. The number of alkyl halides is 7. The van der Waals surface area contributed by atoms with Gasteiger partial charge in [0.2, 0.25) is 0 Å². The number of benzene rings is 3. The van der Waals surface area contributed by atoms with E-state index in [1.54, 1.807) is 12.1 Å². The maximum Gasteiger partial charge on any atom is 0.435 e. The number of hydrogen-bond acceptors (Lipinski definition) is 3. The van der Waals surface area contributed by atoms with Crippen molar-refractivity contribution in [1.29, 1.82) is 5.26 Å². The van der Waals surface area contributed by atoms with E-state index in [0.29, 0.717) is 0 Å². The summed E-state index contributed by atoms with van der Waals surface area (Å²) in [5, 5.41) is 13.7. The number of carbonyl (C=O) groups excluding carboxylic acids is 2. The van der Waals surface area contributed by atoms with E-state index in [1.807, 2.05) is 0 Å². The summed E-state index contributed by atoms with van der Waals surface area (Å²) in [4.78, 5) is 25.3. The molecule has 39 heavy (non-hydrogen) atoms. The van der Waals surface area contributed by atoms with Gasteiger partial charge in [-0.25, -0.2) is 8.78 Å². The van der Waals surface area contributed by atoms with Gasteiger partial charge in [0.1, 0.15) is 6.07 Å². The summed E-state index contributed by atoms with van der Waals surface area (Å²) in [6.45, 7) is 2.06. The van der Waals surface area contributed by atoms with Crippen molar-refractivity contribution in [2.24, 2.45) is 0 Å². The topological polar surface area (TPSA) is 82.0 Å². The van der Waals surface area contributed by atoms with E-state index in [9.17, 15) is 45.6 Å². The van der Waals surface area contributed by atoms with Gasteiger partial charge in [0.15, 0.2) is 5.82 Å². The average molecular weight is 555 g/mol. The summed E-state index contributed by atoms with van der Waals surface area (Å²) in [5.41, 5.74) is -10.0. The molecule has 0 heterocycles. The first-order valence-electron chi connectivity index (χ1n) is 10.9. The van der Waals surface area contributed by atoms with Crippen molar-refractivity contribution in [3.63, 3.8) is 0 Å². The van der Waals surface area contributed by atoms with Crippen LogP contribution in [0.4, 0.5) is 46.5 Å². The van der Waals surface area contributed by atoms with Crippen LogP contribution in [0.1, 0.15) is 43.0 Å². The standard InChI is InChI=1S/C26H17F8N3O2/c1-13-10-17(24(28,25(29,30)31)26(32,33)34)11-14(2)20(13)36-23(39)18-9-8-16(12-35)21(19(18)27)37-22(38)15-6-4-3-5-7-15/h3-11H,1-2H3,(H,36,39)(H,37,38). The van der Waals surface area contributed by atoms with Crippen molar-refractivity contribution >= 4 is 23.2 Å². The highest BCUT2D eigenvalue weighted by atomic mass is 19.4. The molecular formula is C26H17F8N3O2. The zero-order valence-corrected chi connectivity index (χ0v) is 20.0. The molecule has 0 aliphatic heterocycles. The number of hydrogen-bond donors (Lipinski definition) is 2. The molecule has 3 rings (SSSR count). The van der Waals surface area contributed by atoms with Gasteiger partial charge in [0.25, 0.3) is 11.8 Å². The lowest BCUT2D eigenvalue weighted by Gasteiger charge is -2.31. The molecular weight excluding hydrogens is 538 g/mol. The highest BCUT2D eigenvalue weighted by Gasteiger charge is 2.73. The Labute approximate surface area is 216 Å². The molecule has 0 unspecified atom stereocenters. The highest BCUT2D eigenvalue weighted by molar-refractivity contribution is 6.08. The lowest BCUT2D eigenvalue weighted by molar-refractivity contribution is -0.348. The van der Waals surface area contributed by atoms with Crippen molar-refractivity contribution in [2.45, 2.75) is 31.9 Å². The monoisotopic (exact) mass is 555 g/mol. The quantitative estimate of drug-likeness (QED) is 0.330. The van der Waals surface area contributed by atoms with E-state index in [1.165, 1.54) is 24.3 Å². The van der Waals surface area contributed by atoms with Crippen LogP contribution in [0.15, 0.2) is 54.6 Å². The molecule has 13 heteroatoms. The Kier molecular flexibility index (Phi) is 7.73. The number of nitrogens with zero attached hydrogens (tertiary/aromatic N) is 1. The average Bonchev–Trinajstić information content (AvgIpc) is 2.85. The molecule has 0 saturated heterocycles. The molecule has 204 valence electrons. The van der Waals surface area contributed by atoms with Gasteiger partial charge in [-0.15, -0.1) is 0 Å². The summed E-state index contributed by atoms with van der Waals surface area (Å²) >= 11 is 0. The van der Waals surface area contributed by atoms with Crippen molar-refractivity contribution in [2.75, 3.05) is 10.6 Å². The Morgan fingerprint density at radius 1 is 0.769 bits per heavy atom. The lowest BCUT2D eigenvalue weighted by Crippen LogP contribution is -2.50. The van der Waals surface area contributed by atoms with Gasteiger partial charge >= 0.3 is 18.0 Å². The van der Waals surface area contributed by atoms with Gasteiger partial charge in [-0.3, -0.25) is 9.59 Å². The second-order valence-corrected chi connectivity index (χ2v) is 8.37. The number of carbonyl (C=O) groups is 2. The van der Waals surface area contributed by atoms with Crippen LogP contribution in [0.3, 0.4) is 0 Å². The SMILES string of the molecule is Cc1cc(C(F)(C(F)(F)F)C(F)(F)F)cc(C)c1NC(=O)c1ccc(C#N)c(NC(=O)c2ccccc2)c1F. The summed E-state index contributed by atoms with van der Waals surface area (Å²) in [6.07, 6.45) is -12.7. The predicted molar refractivity (Wildman–Crippen MR) is 124 cm³/mol. The van der Waals surface area contributed by atoms with Gasteiger partial charge in [-0.1, -0.05) is 30.3 Å². The minimum atomic E-state index is -6.33. The van der Waals surface area contributed by atoms with E-state index in [0.717, 1.165) is 26.0 Å². The molecule has 3 aromatic rings. The normalized spacial score (nSPS) is 12.0. The first-order valence-corrected chi connectivity index (χ1v) is 10.9. The Morgan fingerprint density at radius 3 is 1.77 bits per heavy atom. The fourth-order valence-corrected chi connectivity index (χ4v) is 3.77. The van der Waals surface area contributed by atoms with Gasteiger partial charge in [0, 0.05) is 16.8 Å².